The van der Waals surface area contributed by atoms with Crippen molar-refractivity contribution >= 4 is 33.0 Å². The fourth-order valence-corrected chi connectivity index (χ4v) is 3.57. The minimum atomic E-state index is -0.199. The number of aromatic nitrogens is 2. The zero-order valence-electron chi connectivity index (χ0n) is 16.3. The Balaban J connectivity index is 1.93. The van der Waals surface area contributed by atoms with Gasteiger partial charge in [0.1, 0.15) is 0 Å². The number of halogens is 1. The largest absolute Gasteiger partial charge is 0.282 e. The second-order valence-corrected chi connectivity index (χ2v) is 7.84. The molecule has 0 aliphatic heterocycles. The summed E-state index contributed by atoms with van der Waals surface area (Å²) in [6, 6.07) is 21.6. The molecule has 0 fully saturated rings. The van der Waals surface area contributed by atoms with E-state index in [1.807, 2.05) is 55.5 Å². The van der Waals surface area contributed by atoms with Crippen molar-refractivity contribution < 1.29 is 0 Å². The molecule has 4 nitrogen and oxygen atoms in total. The number of rotatable bonds is 4. The SMILES string of the molecule is CCc1ccc(-c2nc3ccc(Br)cc3c(=O)n2N=Cc2cccc(C)c2)cc1. The lowest BCUT2D eigenvalue weighted by atomic mass is 10.1. The fourth-order valence-electron chi connectivity index (χ4n) is 3.21. The van der Waals surface area contributed by atoms with Crippen molar-refractivity contribution in [3.8, 4) is 11.4 Å². The predicted octanol–water partition coefficient (Wildman–Crippen LogP) is 5.58. The van der Waals surface area contributed by atoms with Gasteiger partial charge in [0, 0.05) is 10.0 Å². The highest BCUT2D eigenvalue weighted by molar-refractivity contribution is 9.10. The van der Waals surface area contributed by atoms with E-state index in [-0.39, 0.29) is 5.56 Å². The molecule has 144 valence electrons. The second kappa shape index (κ2) is 8.13. The van der Waals surface area contributed by atoms with E-state index in [1.54, 1.807) is 12.3 Å². The topological polar surface area (TPSA) is 47.2 Å². The fraction of sp³-hybridized carbons (Fsp3) is 0.125. The van der Waals surface area contributed by atoms with Crippen LogP contribution in [-0.4, -0.2) is 15.9 Å². The molecule has 0 aliphatic rings. The molecule has 0 spiro atoms. The van der Waals surface area contributed by atoms with Crippen LogP contribution in [0.2, 0.25) is 0 Å². The van der Waals surface area contributed by atoms with E-state index >= 15 is 0 Å². The first-order valence-corrected chi connectivity index (χ1v) is 10.3. The zero-order valence-corrected chi connectivity index (χ0v) is 17.8. The van der Waals surface area contributed by atoms with Gasteiger partial charge in [-0.1, -0.05) is 76.9 Å². The summed E-state index contributed by atoms with van der Waals surface area (Å²) >= 11 is 3.44. The van der Waals surface area contributed by atoms with Crippen molar-refractivity contribution in [1.82, 2.24) is 9.66 Å². The quantitative estimate of drug-likeness (QED) is 0.385. The number of fused-ring (bicyclic) bond motifs is 1. The molecule has 0 amide bonds. The van der Waals surface area contributed by atoms with Crippen LogP contribution < -0.4 is 5.56 Å². The zero-order chi connectivity index (χ0) is 20.4. The minimum absolute atomic E-state index is 0.199. The van der Waals surface area contributed by atoms with Crippen molar-refractivity contribution in [3.63, 3.8) is 0 Å². The number of benzene rings is 3. The average Bonchev–Trinajstić information content (AvgIpc) is 2.73. The summed E-state index contributed by atoms with van der Waals surface area (Å²) < 4.78 is 2.22. The molecule has 5 heteroatoms. The molecule has 29 heavy (non-hydrogen) atoms. The van der Waals surface area contributed by atoms with Crippen LogP contribution in [0.4, 0.5) is 0 Å². The van der Waals surface area contributed by atoms with Crippen LogP contribution in [0, 0.1) is 6.92 Å². The van der Waals surface area contributed by atoms with Gasteiger partial charge in [-0.15, -0.1) is 0 Å². The van der Waals surface area contributed by atoms with Crippen molar-refractivity contribution in [1.29, 1.82) is 0 Å². The molecule has 0 unspecified atom stereocenters. The van der Waals surface area contributed by atoms with Crippen molar-refractivity contribution in [3.05, 3.63) is 98.2 Å². The number of nitrogens with zero attached hydrogens (tertiary/aromatic N) is 3. The summed E-state index contributed by atoms with van der Waals surface area (Å²) in [5.74, 6) is 0.524. The highest BCUT2D eigenvalue weighted by Crippen LogP contribution is 2.22. The van der Waals surface area contributed by atoms with E-state index in [4.69, 9.17) is 4.98 Å². The maximum Gasteiger partial charge on any atom is 0.282 e. The lowest BCUT2D eigenvalue weighted by Gasteiger charge is -2.10. The van der Waals surface area contributed by atoms with Crippen LogP contribution in [0.25, 0.3) is 22.3 Å². The molecule has 4 aromatic rings. The first-order chi connectivity index (χ1) is 14.0. The summed E-state index contributed by atoms with van der Waals surface area (Å²) in [6.07, 6.45) is 2.65. The Morgan fingerprint density at radius 2 is 1.86 bits per heavy atom. The van der Waals surface area contributed by atoms with Crippen LogP contribution in [0.3, 0.4) is 0 Å². The third kappa shape index (κ3) is 4.05. The summed E-state index contributed by atoms with van der Waals surface area (Å²) in [7, 11) is 0. The molecule has 0 aliphatic carbocycles. The second-order valence-electron chi connectivity index (χ2n) is 6.92. The summed E-state index contributed by atoms with van der Waals surface area (Å²) in [6.45, 7) is 4.14. The molecule has 0 saturated heterocycles. The smallest absolute Gasteiger partial charge is 0.267 e. The van der Waals surface area contributed by atoms with Gasteiger partial charge in [-0.2, -0.15) is 9.78 Å². The van der Waals surface area contributed by atoms with Gasteiger partial charge < -0.3 is 0 Å². The summed E-state index contributed by atoms with van der Waals surface area (Å²) in [5.41, 5.74) is 4.60. The molecular weight excluding hydrogens is 426 g/mol. The summed E-state index contributed by atoms with van der Waals surface area (Å²) in [4.78, 5) is 18.0. The van der Waals surface area contributed by atoms with E-state index in [9.17, 15) is 4.79 Å². The molecule has 4 rings (SSSR count). The molecular formula is C24H20BrN3O. The molecule has 0 radical (unpaired) electrons. The molecule has 1 heterocycles. The van der Waals surface area contributed by atoms with E-state index < -0.39 is 0 Å². The van der Waals surface area contributed by atoms with Gasteiger partial charge in [0.05, 0.1) is 17.1 Å². The Morgan fingerprint density at radius 3 is 2.59 bits per heavy atom. The number of hydrogen-bond donors (Lipinski definition) is 0. The minimum Gasteiger partial charge on any atom is -0.267 e. The van der Waals surface area contributed by atoms with Gasteiger partial charge in [-0.05, 0) is 42.7 Å². The maximum absolute atomic E-state index is 13.3. The third-order valence-corrected chi connectivity index (χ3v) is 5.29. The Labute approximate surface area is 177 Å². The normalized spacial score (nSPS) is 11.4. The number of aryl methyl sites for hydroxylation is 2. The molecule has 1 aromatic heterocycles. The van der Waals surface area contributed by atoms with E-state index in [0.29, 0.717) is 16.7 Å². The van der Waals surface area contributed by atoms with E-state index in [1.165, 1.54) is 10.2 Å². The molecule has 0 bridgehead atoms. The first-order valence-electron chi connectivity index (χ1n) is 9.48. The standard InChI is InChI=1S/C24H20BrN3O/c1-3-17-7-9-19(10-8-17)23-27-22-12-11-20(25)14-21(22)24(29)28(23)26-15-18-6-4-5-16(2)13-18/h4-15H,3H2,1-2H3. The van der Waals surface area contributed by atoms with Gasteiger partial charge in [0.15, 0.2) is 5.82 Å². The van der Waals surface area contributed by atoms with Crippen molar-refractivity contribution in [2.75, 3.05) is 0 Å². The van der Waals surface area contributed by atoms with Gasteiger partial charge in [-0.25, -0.2) is 4.98 Å². The molecule has 0 atom stereocenters. The first kappa shape index (κ1) is 19.3. The molecule has 3 aromatic carbocycles. The average molecular weight is 446 g/mol. The monoisotopic (exact) mass is 445 g/mol. The van der Waals surface area contributed by atoms with Crippen LogP contribution in [0.5, 0.6) is 0 Å². The predicted molar refractivity (Wildman–Crippen MR) is 123 cm³/mol. The van der Waals surface area contributed by atoms with Crippen LogP contribution in [-0.2, 0) is 6.42 Å². The Hall–Kier alpha value is -3.05. The summed E-state index contributed by atoms with van der Waals surface area (Å²) in [5, 5.41) is 5.04. The third-order valence-electron chi connectivity index (χ3n) is 4.79. The van der Waals surface area contributed by atoms with Crippen LogP contribution in [0.1, 0.15) is 23.6 Å². The molecule has 0 saturated carbocycles. The molecule has 0 N–H and O–H groups in total. The van der Waals surface area contributed by atoms with Gasteiger partial charge >= 0.3 is 0 Å². The van der Waals surface area contributed by atoms with Crippen molar-refractivity contribution in [2.24, 2.45) is 5.10 Å². The maximum atomic E-state index is 13.3. The van der Waals surface area contributed by atoms with Gasteiger partial charge in [0.2, 0.25) is 0 Å². The van der Waals surface area contributed by atoms with E-state index in [2.05, 4.69) is 40.1 Å². The Bertz CT molecular complexity index is 1270. The van der Waals surface area contributed by atoms with Crippen LogP contribution in [0.15, 0.2) is 81.1 Å². The highest BCUT2D eigenvalue weighted by Gasteiger charge is 2.13. The van der Waals surface area contributed by atoms with Crippen LogP contribution >= 0.6 is 15.9 Å². The van der Waals surface area contributed by atoms with Gasteiger partial charge in [0.25, 0.3) is 5.56 Å². The Kier molecular flexibility index (Phi) is 5.41. The highest BCUT2D eigenvalue weighted by atomic mass is 79.9. The lowest BCUT2D eigenvalue weighted by Crippen LogP contribution is -2.20. The van der Waals surface area contributed by atoms with Gasteiger partial charge in [-0.3, -0.25) is 4.79 Å². The van der Waals surface area contributed by atoms with Crippen molar-refractivity contribution in [2.45, 2.75) is 20.3 Å². The number of hydrogen-bond acceptors (Lipinski definition) is 3. The van der Waals surface area contributed by atoms with E-state index in [0.717, 1.165) is 27.6 Å². The lowest BCUT2D eigenvalue weighted by molar-refractivity contribution is 0.829. The Morgan fingerprint density at radius 1 is 1.07 bits per heavy atom.